The van der Waals surface area contributed by atoms with Crippen LogP contribution in [0.2, 0.25) is 0 Å². The van der Waals surface area contributed by atoms with Gasteiger partial charge in [0.05, 0.1) is 11.3 Å². The average Bonchev–Trinajstić information content (AvgIpc) is 3.45. The number of nitrogens with one attached hydrogen (secondary N) is 1. The summed E-state index contributed by atoms with van der Waals surface area (Å²) in [6, 6.07) is 8.47. The van der Waals surface area contributed by atoms with E-state index >= 15 is 0 Å². The molecule has 166 valence electrons. The molecule has 1 N–H and O–H groups in total. The number of allylic oxidation sites excluding steroid dienone is 1. The van der Waals surface area contributed by atoms with E-state index in [1.165, 1.54) is 38.1 Å². The predicted molar refractivity (Wildman–Crippen MR) is 123 cm³/mol. The van der Waals surface area contributed by atoms with Crippen LogP contribution in [-0.4, -0.2) is 41.0 Å². The van der Waals surface area contributed by atoms with Crippen LogP contribution in [-0.2, 0) is 16.0 Å². The SMILES string of the molecule is CC1(C)O/C(=C2/C(=O)Nc3cc(F)ccc32)C=C1c1ccc(CCCN2CCCC2)nc1. The van der Waals surface area contributed by atoms with Crippen LogP contribution in [0.3, 0.4) is 0 Å². The zero-order valence-electron chi connectivity index (χ0n) is 18.6. The van der Waals surface area contributed by atoms with Crippen molar-refractivity contribution in [3.63, 3.8) is 0 Å². The average molecular weight is 434 g/mol. The normalized spacial score (nSPS) is 22.0. The summed E-state index contributed by atoms with van der Waals surface area (Å²) >= 11 is 0. The number of hydrogen-bond acceptors (Lipinski definition) is 4. The Morgan fingerprint density at radius 3 is 2.75 bits per heavy atom. The maximum Gasteiger partial charge on any atom is 0.260 e. The minimum absolute atomic E-state index is 0.277. The third-order valence-electron chi connectivity index (χ3n) is 6.50. The summed E-state index contributed by atoms with van der Waals surface area (Å²) < 4.78 is 19.8. The third-order valence-corrected chi connectivity index (χ3v) is 6.50. The molecule has 5 nitrogen and oxygen atoms in total. The maximum absolute atomic E-state index is 13.6. The van der Waals surface area contributed by atoms with Crippen molar-refractivity contribution >= 4 is 22.7 Å². The maximum atomic E-state index is 13.6. The van der Waals surface area contributed by atoms with Gasteiger partial charge < -0.3 is 15.0 Å². The predicted octanol–water partition coefficient (Wildman–Crippen LogP) is 4.80. The minimum Gasteiger partial charge on any atom is -0.482 e. The molecule has 0 radical (unpaired) electrons. The number of halogens is 1. The molecule has 32 heavy (non-hydrogen) atoms. The van der Waals surface area contributed by atoms with Gasteiger partial charge in [-0.05, 0) is 89.5 Å². The Bertz CT molecular complexity index is 1110. The van der Waals surface area contributed by atoms with Crippen LogP contribution in [0.1, 0.15) is 49.9 Å². The second kappa shape index (κ2) is 8.17. The second-order valence-corrected chi connectivity index (χ2v) is 9.24. The van der Waals surface area contributed by atoms with Crippen molar-refractivity contribution in [2.45, 2.75) is 45.1 Å². The Hall–Kier alpha value is -2.99. The summed E-state index contributed by atoms with van der Waals surface area (Å²) in [5.41, 5.74) is 4.01. The first-order valence-electron chi connectivity index (χ1n) is 11.4. The molecule has 4 heterocycles. The fourth-order valence-electron chi connectivity index (χ4n) is 4.83. The molecule has 5 rings (SSSR count). The van der Waals surface area contributed by atoms with E-state index in [2.05, 4.69) is 27.3 Å². The van der Waals surface area contributed by atoms with E-state index < -0.39 is 5.60 Å². The molecule has 0 saturated carbocycles. The van der Waals surface area contributed by atoms with Gasteiger partial charge in [-0.25, -0.2) is 4.39 Å². The molecule has 2 aromatic rings. The Morgan fingerprint density at radius 2 is 2.00 bits per heavy atom. The van der Waals surface area contributed by atoms with E-state index in [-0.39, 0.29) is 11.7 Å². The van der Waals surface area contributed by atoms with Gasteiger partial charge >= 0.3 is 0 Å². The van der Waals surface area contributed by atoms with Crippen LogP contribution < -0.4 is 5.32 Å². The molecule has 1 fully saturated rings. The van der Waals surface area contributed by atoms with E-state index in [4.69, 9.17) is 4.74 Å². The van der Waals surface area contributed by atoms with Gasteiger partial charge in [0.2, 0.25) is 0 Å². The number of ether oxygens (including phenoxy) is 1. The summed E-state index contributed by atoms with van der Waals surface area (Å²) in [6.45, 7) is 7.55. The molecule has 3 aliphatic rings. The number of aromatic nitrogens is 1. The molecule has 0 spiro atoms. The number of benzene rings is 1. The number of carbonyl (C=O) groups is 1. The number of carbonyl (C=O) groups excluding carboxylic acids is 1. The van der Waals surface area contributed by atoms with Gasteiger partial charge in [-0.1, -0.05) is 6.07 Å². The van der Waals surface area contributed by atoms with Gasteiger partial charge in [0, 0.05) is 28.6 Å². The molecule has 1 saturated heterocycles. The molecule has 0 unspecified atom stereocenters. The minimum atomic E-state index is -0.607. The van der Waals surface area contributed by atoms with Gasteiger partial charge in [0.25, 0.3) is 5.91 Å². The lowest BCUT2D eigenvalue weighted by Gasteiger charge is -2.23. The number of rotatable bonds is 5. The van der Waals surface area contributed by atoms with Crippen molar-refractivity contribution in [2.75, 3.05) is 25.0 Å². The highest BCUT2D eigenvalue weighted by atomic mass is 19.1. The zero-order chi connectivity index (χ0) is 22.3. The Balaban J connectivity index is 1.37. The fraction of sp³-hybridized carbons (Fsp3) is 0.385. The first-order chi connectivity index (χ1) is 15.4. The smallest absolute Gasteiger partial charge is 0.260 e. The van der Waals surface area contributed by atoms with Crippen LogP contribution >= 0.6 is 0 Å². The van der Waals surface area contributed by atoms with Gasteiger partial charge in [-0.15, -0.1) is 0 Å². The molecule has 3 aliphatic heterocycles. The van der Waals surface area contributed by atoms with E-state index in [1.54, 1.807) is 6.07 Å². The quantitative estimate of drug-likeness (QED) is 0.688. The largest absolute Gasteiger partial charge is 0.482 e. The van der Waals surface area contributed by atoms with Gasteiger partial charge in [-0.2, -0.15) is 0 Å². The first-order valence-corrected chi connectivity index (χ1v) is 11.4. The lowest BCUT2D eigenvalue weighted by atomic mass is 9.93. The van der Waals surface area contributed by atoms with Crippen LogP contribution in [0, 0.1) is 5.82 Å². The number of fused-ring (bicyclic) bond motifs is 1. The number of likely N-dealkylation sites (tertiary alicyclic amines) is 1. The highest BCUT2D eigenvalue weighted by molar-refractivity contribution is 6.32. The molecule has 1 aromatic heterocycles. The van der Waals surface area contributed by atoms with Crippen LogP contribution in [0.5, 0.6) is 0 Å². The monoisotopic (exact) mass is 433 g/mol. The van der Waals surface area contributed by atoms with Crippen LogP contribution in [0.4, 0.5) is 10.1 Å². The summed E-state index contributed by atoms with van der Waals surface area (Å²) in [5.74, 6) is -0.159. The molecule has 0 atom stereocenters. The number of aryl methyl sites for hydroxylation is 1. The zero-order valence-corrected chi connectivity index (χ0v) is 18.6. The number of anilines is 1. The van der Waals surface area contributed by atoms with Crippen molar-refractivity contribution in [3.05, 3.63) is 71.0 Å². The first kappa shape index (κ1) is 20.9. The lowest BCUT2D eigenvalue weighted by molar-refractivity contribution is -0.111. The van der Waals surface area contributed by atoms with Crippen molar-refractivity contribution in [1.82, 2.24) is 9.88 Å². The van der Waals surface area contributed by atoms with Crippen molar-refractivity contribution < 1.29 is 13.9 Å². The fourth-order valence-corrected chi connectivity index (χ4v) is 4.83. The topological polar surface area (TPSA) is 54.5 Å². The van der Waals surface area contributed by atoms with Gasteiger partial charge in [0.15, 0.2) is 0 Å². The van der Waals surface area contributed by atoms with E-state index in [0.29, 0.717) is 22.6 Å². The third kappa shape index (κ3) is 3.95. The molecule has 1 aromatic carbocycles. The molecule has 1 amide bonds. The molecular weight excluding hydrogens is 405 g/mol. The standard InChI is InChI=1S/C26H28FN3O2/c1-26(2)21(17-7-9-19(28-16-17)6-5-13-30-11-3-4-12-30)15-23(32-26)24-20-10-8-18(27)14-22(20)29-25(24)31/h7-10,14-16H,3-6,11-13H2,1-2H3,(H,29,31)/b24-23+. The molecule has 0 aliphatic carbocycles. The summed E-state index contributed by atoms with van der Waals surface area (Å²) in [4.78, 5) is 19.8. The lowest BCUT2D eigenvalue weighted by Crippen LogP contribution is -2.21. The van der Waals surface area contributed by atoms with Crippen LogP contribution in [0.15, 0.2) is 48.4 Å². The number of hydrogen-bond donors (Lipinski definition) is 1. The van der Waals surface area contributed by atoms with Gasteiger partial charge in [0.1, 0.15) is 17.2 Å². The van der Waals surface area contributed by atoms with E-state index in [1.807, 2.05) is 26.1 Å². The number of pyridine rings is 1. The van der Waals surface area contributed by atoms with Crippen molar-refractivity contribution in [2.24, 2.45) is 0 Å². The Morgan fingerprint density at radius 1 is 1.19 bits per heavy atom. The summed E-state index contributed by atoms with van der Waals surface area (Å²) in [6.07, 6.45) is 8.54. The number of amides is 1. The van der Waals surface area contributed by atoms with Crippen molar-refractivity contribution in [1.29, 1.82) is 0 Å². The molecular formula is C26H28FN3O2. The van der Waals surface area contributed by atoms with E-state index in [9.17, 15) is 9.18 Å². The van der Waals surface area contributed by atoms with Gasteiger partial charge in [-0.3, -0.25) is 9.78 Å². The van der Waals surface area contributed by atoms with Crippen molar-refractivity contribution in [3.8, 4) is 0 Å². The second-order valence-electron chi connectivity index (χ2n) is 9.24. The number of nitrogens with zero attached hydrogens (tertiary/aromatic N) is 2. The highest BCUT2D eigenvalue weighted by Crippen LogP contribution is 2.44. The Labute approximate surface area is 188 Å². The summed E-state index contributed by atoms with van der Waals surface area (Å²) in [5, 5.41) is 2.73. The molecule has 0 bridgehead atoms. The van der Waals surface area contributed by atoms with E-state index in [0.717, 1.165) is 36.2 Å². The molecule has 6 heteroatoms. The highest BCUT2D eigenvalue weighted by Gasteiger charge is 2.38. The summed E-state index contributed by atoms with van der Waals surface area (Å²) in [7, 11) is 0. The Kier molecular flexibility index (Phi) is 5.33. The van der Waals surface area contributed by atoms with Crippen LogP contribution in [0.25, 0.3) is 11.1 Å².